The van der Waals surface area contributed by atoms with Gasteiger partial charge in [-0.1, -0.05) is 24.1 Å². The summed E-state index contributed by atoms with van der Waals surface area (Å²) in [6.45, 7) is 3.03. The van der Waals surface area contributed by atoms with Gasteiger partial charge in [-0.05, 0) is 26.0 Å². The van der Waals surface area contributed by atoms with E-state index in [1.165, 1.54) is 19.1 Å². The maximum absolute atomic E-state index is 12.1. The third-order valence-corrected chi connectivity index (χ3v) is 4.22. The summed E-state index contributed by atoms with van der Waals surface area (Å²) in [7, 11) is -4.00. The summed E-state index contributed by atoms with van der Waals surface area (Å²) in [5.74, 6) is -1.30. The van der Waals surface area contributed by atoms with Crippen molar-refractivity contribution in [2.75, 3.05) is 0 Å². The van der Waals surface area contributed by atoms with Crippen molar-refractivity contribution in [2.24, 2.45) is 0 Å². The van der Waals surface area contributed by atoms with Crippen LogP contribution in [0.4, 0.5) is 0 Å². The average Bonchev–Trinajstić information content (AvgIpc) is 2.29. The fraction of sp³-hybridized carbons (Fsp3) is 0.250. The van der Waals surface area contributed by atoms with Gasteiger partial charge in [0, 0.05) is 6.04 Å². The molecule has 0 heterocycles. The van der Waals surface area contributed by atoms with Crippen LogP contribution in [-0.2, 0) is 14.8 Å². The zero-order chi connectivity index (χ0) is 13.9. The van der Waals surface area contributed by atoms with Gasteiger partial charge in [-0.2, -0.15) is 0 Å². The van der Waals surface area contributed by atoms with Gasteiger partial charge in [0.15, 0.2) is 0 Å². The van der Waals surface area contributed by atoms with E-state index < -0.39 is 22.0 Å². The molecule has 0 aliphatic rings. The number of carboxylic acids is 1. The van der Waals surface area contributed by atoms with Gasteiger partial charge >= 0.3 is 5.97 Å². The van der Waals surface area contributed by atoms with Gasteiger partial charge in [-0.15, -0.1) is 0 Å². The van der Waals surface area contributed by atoms with Crippen molar-refractivity contribution < 1.29 is 18.3 Å². The quantitative estimate of drug-likeness (QED) is 0.653. The van der Waals surface area contributed by atoms with Crippen LogP contribution in [0.5, 0.6) is 0 Å². The number of terminal acetylenes is 1. The Bertz CT molecular complexity index is 583. The summed E-state index contributed by atoms with van der Waals surface area (Å²) in [5.41, 5.74) is 0.896. The minimum absolute atomic E-state index is 0.0286. The summed E-state index contributed by atoms with van der Waals surface area (Å²) >= 11 is 0. The lowest BCUT2D eigenvalue weighted by molar-refractivity contribution is -0.140. The molecule has 0 aliphatic heterocycles. The highest BCUT2D eigenvalue weighted by Crippen LogP contribution is 2.18. The van der Waals surface area contributed by atoms with Crippen LogP contribution in [0.15, 0.2) is 29.2 Å². The molecular formula is C12H13NO4S. The highest BCUT2D eigenvalue weighted by Gasteiger charge is 2.30. The van der Waals surface area contributed by atoms with E-state index in [-0.39, 0.29) is 4.90 Å². The molecule has 6 heteroatoms. The van der Waals surface area contributed by atoms with Crippen molar-refractivity contribution in [1.82, 2.24) is 4.31 Å². The molecule has 1 aromatic carbocycles. The number of aliphatic carboxylic acids is 1. The Balaban J connectivity index is 3.24. The molecule has 0 unspecified atom stereocenters. The van der Waals surface area contributed by atoms with E-state index in [0.717, 1.165) is 5.56 Å². The SMILES string of the molecule is C#CN([C@@H](C)C(=O)O)S(=O)(=O)c1ccc(C)cc1. The summed E-state index contributed by atoms with van der Waals surface area (Å²) in [5, 5.41) is 8.84. The Morgan fingerprint density at radius 1 is 1.39 bits per heavy atom. The van der Waals surface area contributed by atoms with Crippen molar-refractivity contribution in [3.63, 3.8) is 0 Å². The molecule has 5 nitrogen and oxygen atoms in total. The monoisotopic (exact) mass is 267 g/mol. The number of benzene rings is 1. The number of nitrogens with zero attached hydrogens (tertiary/aromatic N) is 1. The molecule has 18 heavy (non-hydrogen) atoms. The van der Waals surface area contributed by atoms with Gasteiger partial charge in [0.2, 0.25) is 0 Å². The molecule has 0 saturated heterocycles. The number of carbonyl (C=O) groups is 1. The van der Waals surface area contributed by atoms with Crippen LogP contribution in [0, 0.1) is 19.4 Å². The molecule has 1 N–H and O–H groups in total. The molecule has 1 aromatic rings. The second kappa shape index (κ2) is 5.10. The lowest BCUT2D eigenvalue weighted by Gasteiger charge is -2.21. The molecule has 0 amide bonds. The molecule has 0 fully saturated rings. The Labute approximate surface area is 106 Å². The van der Waals surface area contributed by atoms with E-state index >= 15 is 0 Å². The maximum Gasteiger partial charge on any atom is 0.328 e. The molecular weight excluding hydrogens is 254 g/mol. The highest BCUT2D eigenvalue weighted by atomic mass is 32.2. The number of carboxylic acid groups (broad SMARTS) is 1. The van der Waals surface area contributed by atoms with Crippen molar-refractivity contribution in [3.05, 3.63) is 29.8 Å². The Hall–Kier alpha value is -2.00. The van der Waals surface area contributed by atoms with Crippen LogP contribution in [-0.4, -0.2) is 29.8 Å². The second-order valence-corrected chi connectivity index (χ2v) is 5.57. The van der Waals surface area contributed by atoms with Gasteiger partial charge in [-0.25, -0.2) is 17.5 Å². The van der Waals surface area contributed by atoms with Gasteiger partial charge < -0.3 is 5.11 Å². The first kappa shape index (κ1) is 14.1. The molecule has 0 spiro atoms. The van der Waals surface area contributed by atoms with E-state index in [2.05, 4.69) is 0 Å². The number of hydrogen-bond acceptors (Lipinski definition) is 3. The van der Waals surface area contributed by atoms with Crippen LogP contribution in [0.1, 0.15) is 12.5 Å². The molecule has 0 aromatic heterocycles. The summed E-state index contributed by atoms with van der Waals surface area (Å²) in [6.07, 6.45) is 5.10. The fourth-order valence-electron chi connectivity index (χ4n) is 1.31. The fourth-order valence-corrected chi connectivity index (χ4v) is 2.67. The smallest absolute Gasteiger partial charge is 0.328 e. The van der Waals surface area contributed by atoms with Crippen LogP contribution in [0.3, 0.4) is 0 Å². The van der Waals surface area contributed by atoms with Crippen molar-refractivity contribution >= 4 is 16.0 Å². The Kier molecular flexibility index (Phi) is 3.99. The Morgan fingerprint density at radius 2 is 1.89 bits per heavy atom. The van der Waals surface area contributed by atoms with Gasteiger partial charge in [0.25, 0.3) is 10.0 Å². The van der Waals surface area contributed by atoms with Gasteiger partial charge in [-0.3, -0.25) is 0 Å². The molecule has 1 atom stereocenters. The number of rotatable bonds is 4. The van der Waals surface area contributed by atoms with Crippen LogP contribution >= 0.6 is 0 Å². The Morgan fingerprint density at radius 3 is 2.28 bits per heavy atom. The predicted molar refractivity (Wildman–Crippen MR) is 66.1 cm³/mol. The molecule has 0 radical (unpaired) electrons. The third-order valence-electron chi connectivity index (χ3n) is 2.41. The van der Waals surface area contributed by atoms with Crippen LogP contribution in [0.2, 0.25) is 0 Å². The third kappa shape index (κ3) is 2.63. The van der Waals surface area contributed by atoms with Crippen molar-refractivity contribution in [1.29, 1.82) is 0 Å². The number of aryl methyl sites for hydroxylation is 1. The highest BCUT2D eigenvalue weighted by molar-refractivity contribution is 7.89. The molecule has 0 bridgehead atoms. The first-order chi connectivity index (χ1) is 8.30. The summed E-state index contributed by atoms with van der Waals surface area (Å²) in [6, 6.07) is 6.60. The average molecular weight is 267 g/mol. The number of hydrogen-bond donors (Lipinski definition) is 1. The van der Waals surface area contributed by atoms with Crippen molar-refractivity contribution in [3.8, 4) is 12.5 Å². The molecule has 0 saturated carbocycles. The normalized spacial score (nSPS) is 12.5. The van der Waals surface area contributed by atoms with Crippen LogP contribution < -0.4 is 0 Å². The minimum atomic E-state index is -4.00. The van der Waals surface area contributed by atoms with E-state index in [9.17, 15) is 13.2 Å². The number of sulfonamides is 1. The zero-order valence-corrected chi connectivity index (χ0v) is 10.8. The second-order valence-electron chi connectivity index (χ2n) is 3.76. The minimum Gasteiger partial charge on any atom is -0.480 e. The summed E-state index contributed by atoms with van der Waals surface area (Å²) < 4.78 is 24.8. The van der Waals surface area contributed by atoms with Crippen molar-refractivity contribution in [2.45, 2.75) is 24.8 Å². The largest absolute Gasteiger partial charge is 0.480 e. The molecule has 1 rings (SSSR count). The van der Waals surface area contributed by atoms with E-state index in [1.807, 2.05) is 13.0 Å². The van der Waals surface area contributed by atoms with E-state index in [4.69, 9.17) is 11.5 Å². The molecule has 0 aliphatic carbocycles. The van der Waals surface area contributed by atoms with E-state index in [1.54, 1.807) is 12.1 Å². The standard InChI is InChI=1S/C12H13NO4S/c1-4-13(10(3)12(14)15)18(16,17)11-7-5-9(2)6-8-11/h1,5-8,10H,2-3H3,(H,14,15)/t10-/m0/s1. The van der Waals surface area contributed by atoms with Gasteiger partial charge in [0.1, 0.15) is 6.04 Å². The predicted octanol–water partition coefficient (Wildman–Crippen LogP) is 1.05. The van der Waals surface area contributed by atoms with E-state index in [0.29, 0.717) is 4.31 Å². The lowest BCUT2D eigenvalue weighted by Crippen LogP contribution is -2.39. The molecule has 96 valence electrons. The lowest BCUT2D eigenvalue weighted by atomic mass is 10.2. The van der Waals surface area contributed by atoms with Gasteiger partial charge in [0.05, 0.1) is 4.90 Å². The first-order valence-corrected chi connectivity index (χ1v) is 6.55. The first-order valence-electron chi connectivity index (χ1n) is 5.11. The summed E-state index contributed by atoms with van der Waals surface area (Å²) in [4.78, 5) is 10.8. The van der Waals surface area contributed by atoms with Crippen LogP contribution in [0.25, 0.3) is 0 Å². The maximum atomic E-state index is 12.1. The topological polar surface area (TPSA) is 74.7 Å². The zero-order valence-electron chi connectivity index (χ0n) is 9.99.